The summed E-state index contributed by atoms with van der Waals surface area (Å²) in [6.45, 7) is 0.188. The van der Waals surface area contributed by atoms with E-state index in [-0.39, 0.29) is 13.2 Å². The first kappa shape index (κ1) is 34.5. The SMILES string of the molecule is O=S(=O)(O)C(C(F)(F)F)C(F)(F)F.O=S(=O)(O)C(C(F)(F)F)C(F)(F)F.OCCCO. The maximum absolute atomic E-state index is 11.5. The van der Waals surface area contributed by atoms with Crippen LogP contribution in [0.3, 0.4) is 0 Å². The smallest absolute Gasteiger partial charge is 0.396 e. The summed E-state index contributed by atoms with van der Waals surface area (Å²) in [5.41, 5.74) is 0. The van der Waals surface area contributed by atoms with Gasteiger partial charge in [-0.15, -0.1) is 0 Å². The molecule has 0 aromatic heterocycles. The first-order chi connectivity index (χ1) is 13.1. The number of hydrogen-bond acceptors (Lipinski definition) is 6. The Labute approximate surface area is 165 Å². The van der Waals surface area contributed by atoms with Crippen molar-refractivity contribution in [3.05, 3.63) is 0 Å². The molecule has 22 heteroatoms. The number of rotatable bonds is 4. The first-order valence-electron chi connectivity index (χ1n) is 6.56. The van der Waals surface area contributed by atoms with Crippen LogP contribution in [0, 0.1) is 0 Å². The Bertz CT molecular complexity index is 629. The molecule has 31 heavy (non-hydrogen) atoms. The van der Waals surface area contributed by atoms with Gasteiger partial charge in [-0.2, -0.15) is 69.5 Å². The normalized spacial score (nSPS) is 14.0. The molecular formula is C9H12F12O8S2. The number of aliphatic hydroxyl groups is 2. The molecule has 0 bridgehead atoms. The van der Waals surface area contributed by atoms with Crippen molar-refractivity contribution in [2.24, 2.45) is 0 Å². The molecule has 0 aliphatic heterocycles. The van der Waals surface area contributed by atoms with E-state index < -0.39 is 55.4 Å². The summed E-state index contributed by atoms with van der Waals surface area (Å²) in [6, 6.07) is 0. The monoisotopic (exact) mass is 540 g/mol. The summed E-state index contributed by atoms with van der Waals surface area (Å²) < 4.78 is 192. The highest BCUT2D eigenvalue weighted by Gasteiger charge is 2.65. The van der Waals surface area contributed by atoms with Gasteiger partial charge in [0.15, 0.2) is 0 Å². The highest BCUT2D eigenvalue weighted by atomic mass is 32.2. The molecule has 0 saturated heterocycles. The lowest BCUT2D eigenvalue weighted by atomic mass is 10.4. The standard InChI is InChI=1S/2C3H2F6O3S.C3H8O2/c2*4-2(5,6)1(3(7,8)9)13(10,11)12;4-2-1-3-5/h2*1H,(H,10,11,12);4-5H,1-3H2. The van der Waals surface area contributed by atoms with Crippen LogP contribution in [0.2, 0.25) is 0 Å². The lowest BCUT2D eigenvalue weighted by molar-refractivity contribution is -0.229. The second-order valence-electron chi connectivity index (χ2n) is 4.76. The predicted molar refractivity (Wildman–Crippen MR) is 73.7 cm³/mol. The third-order valence-electron chi connectivity index (χ3n) is 2.10. The van der Waals surface area contributed by atoms with Crippen LogP contribution in [0.15, 0.2) is 0 Å². The van der Waals surface area contributed by atoms with Crippen molar-refractivity contribution in [2.45, 2.75) is 41.6 Å². The van der Waals surface area contributed by atoms with Crippen molar-refractivity contribution < 1.29 is 88.8 Å². The zero-order valence-electron chi connectivity index (χ0n) is 14.0. The third kappa shape index (κ3) is 15.4. The lowest BCUT2D eigenvalue weighted by Gasteiger charge is -2.19. The zero-order valence-corrected chi connectivity index (χ0v) is 15.7. The Morgan fingerprint density at radius 2 is 0.677 bits per heavy atom. The number of alkyl halides is 12. The highest BCUT2D eigenvalue weighted by molar-refractivity contribution is 7.86. The molecule has 0 rings (SSSR count). The van der Waals surface area contributed by atoms with E-state index in [1.807, 2.05) is 0 Å². The van der Waals surface area contributed by atoms with Gasteiger partial charge in [0.2, 0.25) is 0 Å². The first-order valence-corrected chi connectivity index (χ1v) is 9.56. The molecule has 0 spiro atoms. The average Bonchev–Trinajstić information content (AvgIpc) is 2.28. The Kier molecular flexibility index (Phi) is 13.0. The molecular weight excluding hydrogens is 528 g/mol. The molecule has 4 N–H and O–H groups in total. The molecule has 0 aliphatic carbocycles. The van der Waals surface area contributed by atoms with Crippen LogP contribution in [0.4, 0.5) is 52.7 Å². The Hall–Kier alpha value is -1.10. The van der Waals surface area contributed by atoms with Crippen molar-refractivity contribution in [1.29, 1.82) is 0 Å². The van der Waals surface area contributed by atoms with E-state index in [1.54, 1.807) is 0 Å². The van der Waals surface area contributed by atoms with Crippen LogP contribution < -0.4 is 0 Å². The van der Waals surface area contributed by atoms with E-state index in [1.165, 1.54) is 0 Å². The summed E-state index contributed by atoms with van der Waals surface area (Å²) in [5, 5.41) is 6.33. The average molecular weight is 540 g/mol. The largest absolute Gasteiger partial charge is 0.416 e. The van der Waals surface area contributed by atoms with Gasteiger partial charge >= 0.3 is 24.7 Å². The Morgan fingerprint density at radius 1 is 0.516 bits per heavy atom. The molecule has 0 aromatic carbocycles. The molecule has 0 aromatic rings. The van der Waals surface area contributed by atoms with Crippen LogP contribution >= 0.6 is 0 Å². The molecule has 0 heterocycles. The van der Waals surface area contributed by atoms with E-state index in [9.17, 15) is 69.5 Å². The van der Waals surface area contributed by atoms with Crippen LogP contribution in [0.25, 0.3) is 0 Å². The summed E-state index contributed by atoms with van der Waals surface area (Å²) in [7, 11) is -12.5. The molecule has 0 saturated carbocycles. The van der Waals surface area contributed by atoms with Crippen LogP contribution in [0.1, 0.15) is 6.42 Å². The Balaban J connectivity index is -0.000000416. The van der Waals surface area contributed by atoms with Crippen molar-refractivity contribution in [3.63, 3.8) is 0 Å². The quantitative estimate of drug-likeness (QED) is 0.313. The van der Waals surface area contributed by atoms with E-state index in [4.69, 9.17) is 19.3 Å². The van der Waals surface area contributed by atoms with Gasteiger partial charge in [-0.3, -0.25) is 9.11 Å². The maximum atomic E-state index is 11.5. The molecule has 0 atom stereocenters. The second-order valence-corrected chi connectivity index (χ2v) is 7.76. The Morgan fingerprint density at radius 3 is 0.677 bits per heavy atom. The second kappa shape index (κ2) is 11.7. The molecule has 0 fully saturated rings. The summed E-state index contributed by atoms with van der Waals surface area (Å²) in [6.07, 6.45) is -23.8. The van der Waals surface area contributed by atoms with E-state index in [2.05, 4.69) is 0 Å². The van der Waals surface area contributed by atoms with Gasteiger partial charge in [0, 0.05) is 13.2 Å². The molecule has 8 nitrogen and oxygen atoms in total. The fourth-order valence-electron chi connectivity index (χ4n) is 1.12. The predicted octanol–water partition coefficient (Wildman–Crippen LogP) is 2.10. The molecule has 192 valence electrons. The van der Waals surface area contributed by atoms with Gasteiger partial charge in [0.1, 0.15) is 0 Å². The topological polar surface area (TPSA) is 149 Å². The van der Waals surface area contributed by atoms with Gasteiger partial charge in [-0.1, -0.05) is 0 Å². The molecule has 0 radical (unpaired) electrons. The molecule has 0 amide bonds. The summed E-state index contributed by atoms with van der Waals surface area (Å²) in [5.74, 6) is 0. The van der Waals surface area contributed by atoms with Crippen molar-refractivity contribution >= 4 is 20.2 Å². The van der Waals surface area contributed by atoms with Crippen LogP contribution in [-0.2, 0) is 20.2 Å². The van der Waals surface area contributed by atoms with E-state index in [0.717, 1.165) is 0 Å². The molecule has 0 aliphatic rings. The fraction of sp³-hybridized carbons (Fsp3) is 1.00. The highest BCUT2D eigenvalue weighted by Crippen LogP contribution is 2.38. The van der Waals surface area contributed by atoms with Gasteiger partial charge < -0.3 is 10.2 Å². The van der Waals surface area contributed by atoms with Gasteiger partial charge in [0.25, 0.3) is 30.7 Å². The van der Waals surface area contributed by atoms with Crippen molar-refractivity contribution in [3.8, 4) is 0 Å². The van der Waals surface area contributed by atoms with E-state index >= 15 is 0 Å². The van der Waals surface area contributed by atoms with Gasteiger partial charge in [0.05, 0.1) is 0 Å². The number of aliphatic hydroxyl groups excluding tert-OH is 2. The van der Waals surface area contributed by atoms with Gasteiger partial charge in [-0.25, -0.2) is 0 Å². The third-order valence-corrected chi connectivity index (χ3v) is 4.36. The minimum atomic E-state index is -6.23. The maximum Gasteiger partial charge on any atom is 0.416 e. The van der Waals surface area contributed by atoms with Crippen LogP contribution in [-0.4, -0.2) is 84.6 Å². The minimum absolute atomic E-state index is 0.0938. The van der Waals surface area contributed by atoms with Crippen molar-refractivity contribution in [1.82, 2.24) is 0 Å². The lowest BCUT2D eigenvalue weighted by Crippen LogP contribution is -2.47. The summed E-state index contributed by atoms with van der Waals surface area (Å²) >= 11 is 0. The van der Waals surface area contributed by atoms with E-state index in [0.29, 0.717) is 6.42 Å². The number of hydrogen-bond donors (Lipinski definition) is 4. The zero-order chi connectivity index (χ0) is 26.3. The van der Waals surface area contributed by atoms with Gasteiger partial charge in [-0.05, 0) is 6.42 Å². The molecule has 0 unspecified atom stereocenters. The van der Waals surface area contributed by atoms with Crippen molar-refractivity contribution in [2.75, 3.05) is 13.2 Å². The summed E-state index contributed by atoms with van der Waals surface area (Å²) in [4.78, 5) is 0. The fourth-order valence-corrected chi connectivity index (χ4v) is 2.47. The van der Waals surface area contributed by atoms with Crippen LogP contribution in [0.5, 0.6) is 0 Å². The number of halogens is 12. The minimum Gasteiger partial charge on any atom is -0.396 e.